The molecule has 0 aliphatic carbocycles. The van der Waals surface area contributed by atoms with Crippen LogP contribution in [0.1, 0.15) is 32.6 Å². The van der Waals surface area contributed by atoms with Crippen molar-refractivity contribution in [3.63, 3.8) is 0 Å². The van der Waals surface area contributed by atoms with Gasteiger partial charge in [0.15, 0.2) is 0 Å². The number of rotatable bonds is 26. The maximum atomic E-state index is 5.72. The molecule has 0 unspecified atom stereocenters. The lowest BCUT2D eigenvalue weighted by Crippen LogP contribution is -2.45. The van der Waals surface area contributed by atoms with E-state index in [2.05, 4.69) is 0 Å². The first-order valence-electron chi connectivity index (χ1n) is 13.3. The number of ether oxygens (including phenoxy) is 1. The highest BCUT2D eigenvalue weighted by atomic mass is 28.4. The predicted molar refractivity (Wildman–Crippen MR) is 155 cm³/mol. The Bertz CT molecular complexity index is 460. The maximum Gasteiger partial charge on any atom is 0.500 e. The second-order valence-corrected chi connectivity index (χ2v) is 23.5. The van der Waals surface area contributed by atoms with Gasteiger partial charge >= 0.3 is 26.4 Å². The fraction of sp³-hybridized carbons (Fsp3) is 1.00. The van der Waals surface area contributed by atoms with Crippen LogP contribution in [0.4, 0.5) is 0 Å². The standard InChI is InChI=1S/C23H56O10Si4/c1-11-33-16-12-17-34(18-13-21-35(24-2,25-3)26-4,19-14-22-36(27-5,28-6)29-7)20-15-23-37(30-8,31-9)32-10/h11-23H2,1-10H3. The van der Waals surface area contributed by atoms with Crippen LogP contribution >= 0.6 is 0 Å². The summed E-state index contributed by atoms with van der Waals surface area (Å²) in [6.07, 6.45) is 4.08. The van der Waals surface area contributed by atoms with Crippen LogP contribution in [0.3, 0.4) is 0 Å². The van der Waals surface area contributed by atoms with E-state index < -0.39 is 34.5 Å². The Morgan fingerprint density at radius 1 is 0.378 bits per heavy atom. The molecule has 0 aromatic heterocycles. The predicted octanol–water partition coefficient (Wildman–Crippen LogP) is 4.67. The van der Waals surface area contributed by atoms with E-state index in [1.807, 2.05) is 6.92 Å². The van der Waals surface area contributed by atoms with Crippen LogP contribution in [0.5, 0.6) is 0 Å². The minimum absolute atomic E-state index is 0.742. The highest BCUT2D eigenvalue weighted by molar-refractivity contribution is 6.80. The van der Waals surface area contributed by atoms with Gasteiger partial charge in [-0.3, -0.25) is 0 Å². The van der Waals surface area contributed by atoms with Crippen LogP contribution in [0, 0.1) is 0 Å². The van der Waals surface area contributed by atoms with Gasteiger partial charge in [0.1, 0.15) is 0 Å². The first-order chi connectivity index (χ1) is 17.7. The lowest BCUT2D eigenvalue weighted by molar-refractivity contribution is 0.123. The molecular weight excluding hydrogens is 549 g/mol. The Balaban J connectivity index is 5.79. The summed E-state index contributed by atoms with van der Waals surface area (Å²) >= 11 is 0. The van der Waals surface area contributed by atoms with E-state index in [0.717, 1.165) is 75.2 Å². The third kappa shape index (κ3) is 12.7. The molecule has 0 radical (unpaired) electrons. The fourth-order valence-electron chi connectivity index (χ4n) is 5.15. The zero-order chi connectivity index (χ0) is 28.3. The molecule has 0 spiro atoms. The summed E-state index contributed by atoms with van der Waals surface area (Å²) in [5, 5.41) is 0. The Hall–Kier alpha value is 0.468. The molecule has 0 amide bonds. The first-order valence-corrected chi connectivity index (χ1v) is 21.9. The van der Waals surface area contributed by atoms with Gasteiger partial charge in [0, 0.05) is 95.3 Å². The third-order valence-electron chi connectivity index (χ3n) is 7.57. The van der Waals surface area contributed by atoms with Crippen LogP contribution in [0.2, 0.25) is 42.3 Å². The lowest BCUT2D eigenvalue weighted by Gasteiger charge is -2.35. The third-order valence-corrected chi connectivity index (χ3v) is 21.7. The Kier molecular flexibility index (Phi) is 20.6. The highest BCUT2D eigenvalue weighted by Gasteiger charge is 2.43. The molecule has 10 nitrogen and oxygen atoms in total. The summed E-state index contributed by atoms with van der Waals surface area (Å²) in [6.45, 7) is 3.58. The molecule has 0 aliphatic rings. The van der Waals surface area contributed by atoms with E-state index in [1.165, 1.54) is 6.04 Å². The first kappa shape index (κ1) is 37.5. The van der Waals surface area contributed by atoms with Crippen molar-refractivity contribution in [2.75, 3.05) is 77.2 Å². The van der Waals surface area contributed by atoms with Crippen LogP contribution in [0.25, 0.3) is 0 Å². The van der Waals surface area contributed by atoms with Gasteiger partial charge < -0.3 is 44.6 Å². The number of hydrogen-bond donors (Lipinski definition) is 0. The molecule has 0 saturated carbocycles. The second kappa shape index (κ2) is 20.4. The molecule has 0 saturated heterocycles. The van der Waals surface area contributed by atoms with Gasteiger partial charge in [0.25, 0.3) is 0 Å². The average Bonchev–Trinajstić information content (AvgIpc) is 2.95. The van der Waals surface area contributed by atoms with Crippen LogP contribution < -0.4 is 0 Å². The molecule has 0 heterocycles. The molecule has 224 valence electrons. The van der Waals surface area contributed by atoms with E-state index in [4.69, 9.17) is 44.6 Å². The Labute approximate surface area is 231 Å². The van der Waals surface area contributed by atoms with Crippen LogP contribution in [-0.2, 0) is 44.6 Å². The molecule has 0 N–H and O–H groups in total. The van der Waals surface area contributed by atoms with Crippen molar-refractivity contribution < 1.29 is 44.6 Å². The van der Waals surface area contributed by atoms with Crippen molar-refractivity contribution in [1.82, 2.24) is 0 Å². The minimum Gasteiger partial charge on any atom is -0.382 e. The maximum absolute atomic E-state index is 5.72. The summed E-state index contributed by atoms with van der Waals surface area (Å²) in [5.74, 6) is 0. The quantitative estimate of drug-likeness (QED) is 0.102. The monoisotopic (exact) mass is 604 g/mol. The average molecular weight is 605 g/mol. The zero-order valence-electron chi connectivity index (χ0n) is 25.3. The van der Waals surface area contributed by atoms with E-state index in [9.17, 15) is 0 Å². The van der Waals surface area contributed by atoms with Gasteiger partial charge in [-0.15, -0.1) is 0 Å². The van der Waals surface area contributed by atoms with Gasteiger partial charge in [-0.05, 0) is 13.3 Å². The van der Waals surface area contributed by atoms with Crippen molar-refractivity contribution in [3.8, 4) is 0 Å². The van der Waals surface area contributed by atoms with Crippen LogP contribution in [-0.4, -0.2) is 112 Å². The van der Waals surface area contributed by atoms with E-state index in [-0.39, 0.29) is 0 Å². The zero-order valence-corrected chi connectivity index (χ0v) is 29.3. The second-order valence-electron chi connectivity index (χ2n) is 9.25. The van der Waals surface area contributed by atoms with Crippen molar-refractivity contribution >= 4 is 34.5 Å². The van der Waals surface area contributed by atoms with Crippen molar-refractivity contribution in [3.05, 3.63) is 0 Å². The minimum atomic E-state index is -2.63. The summed E-state index contributed by atoms with van der Waals surface area (Å²) in [6, 6.07) is 7.08. The van der Waals surface area contributed by atoms with Gasteiger partial charge in [-0.25, -0.2) is 0 Å². The van der Waals surface area contributed by atoms with Gasteiger partial charge in [0.05, 0.1) is 8.07 Å². The fourth-order valence-corrected chi connectivity index (χ4v) is 16.6. The molecule has 0 bridgehead atoms. The smallest absolute Gasteiger partial charge is 0.382 e. The Morgan fingerprint density at radius 2 is 0.649 bits per heavy atom. The summed E-state index contributed by atoms with van der Waals surface area (Å²) in [4.78, 5) is 0. The van der Waals surface area contributed by atoms with Crippen molar-refractivity contribution in [1.29, 1.82) is 0 Å². The van der Waals surface area contributed by atoms with Crippen LogP contribution in [0.15, 0.2) is 0 Å². The van der Waals surface area contributed by atoms with Gasteiger partial charge in [0.2, 0.25) is 0 Å². The lowest BCUT2D eigenvalue weighted by atomic mass is 10.5. The molecule has 0 rings (SSSR count). The SMILES string of the molecule is CCOCCC[Si](CCC[Si](OC)(OC)OC)(CCC[Si](OC)(OC)OC)CCC[Si](OC)(OC)OC. The van der Waals surface area contributed by atoms with E-state index in [1.54, 1.807) is 64.0 Å². The molecular formula is C23H56O10Si4. The summed E-state index contributed by atoms with van der Waals surface area (Å²) < 4.78 is 57.1. The Morgan fingerprint density at radius 3 is 0.892 bits per heavy atom. The molecule has 0 atom stereocenters. The molecule has 0 aliphatic heterocycles. The highest BCUT2D eigenvalue weighted by Crippen LogP contribution is 2.36. The van der Waals surface area contributed by atoms with Gasteiger partial charge in [-0.2, -0.15) is 0 Å². The van der Waals surface area contributed by atoms with Crippen molar-refractivity contribution in [2.45, 2.75) is 74.9 Å². The van der Waals surface area contributed by atoms with Gasteiger partial charge in [-0.1, -0.05) is 43.4 Å². The normalized spacial score (nSPS) is 13.5. The molecule has 0 aromatic rings. The van der Waals surface area contributed by atoms with E-state index >= 15 is 0 Å². The van der Waals surface area contributed by atoms with Crippen molar-refractivity contribution in [2.24, 2.45) is 0 Å². The topological polar surface area (TPSA) is 92.3 Å². The van der Waals surface area contributed by atoms with E-state index in [0.29, 0.717) is 0 Å². The summed E-state index contributed by atoms with van der Waals surface area (Å²) in [7, 11) is 5.48. The summed E-state index contributed by atoms with van der Waals surface area (Å²) in [5.41, 5.74) is 0. The molecule has 0 aromatic carbocycles. The molecule has 14 heteroatoms. The number of hydrogen-bond acceptors (Lipinski definition) is 10. The molecule has 0 fully saturated rings. The molecule has 37 heavy (non-hydrogen) atoms. The largest absolute Gasteiger partial charge is 0.500 e.